The Bertz CT molecular complexity index is 809. The molecule has 0 heterocycles. The van der Waals surface area contributed by atoms with E-state index < -0.39 is 34.4 Å². The molecule has 0 radical (unpaired) electrons. The smallest absolute Gasteiger partial charge is 0.247 e. The van der Waals surface area contributed by atoms with Crippen LogP contribution in [0, 0.1) is 30.6 Å². The summed E-state index contributed by atoms with van der Waals surface area (Å²) >= 11 is 1.57. The van der Waals surface area contributed by atoms with Gasteiger partial charge in [0.15, 0.2) is 0 Å². The van der Waals surface area contributed by atoms with E-state index in [9.17, 15) is 19.6 Å². The summed E-state index contributed by atoms with van der Waals surface area (Å²) in [6.07, 6.45) is 10.2. The zero-order chi connectivity index (χ0) is 26.3. The van der Waals surface area contributed by atoms with Crippen molar-refractivity contribution in [2.75, 3.05) is 7.05 Å². The Balaban J connectivity index is 0.00000529. The Hall–Kier alpha value is -2.76. The minimum absolute atomic E-state index is 0.128. The van der Waals surface area contributed by atoms with Gasteiger partial charge in [-0.25, -0.2) is 5.48 Å². The molecule has 34 heavy (non-hydrogen) atoms. The van der Waals surface area contributed by atoms with E-state index in [0.717, 1.165) is 5.56 Å². The molecule has 0 aliphatic heterocycles. The standard InChI is InChI=1S/C24H37N3O4S.C2H2/c1-7-11-18(22(29)27-31)19(14-16(2)3)21(28)26-20(23(30)25-6)24(4,5)32-15-17-12-9-8-10-13-17;1-2/h7-10,12-13,16,18-20,31H,1,11,14-15H2,2-6H3,(H,25,30)(H,26,28)(H,27,29);1-2H/t18-,19+,20?;/m0./s1. The summed E-state index contributed by atoms with van der Waals surface area (Å²) in [4.78, 5) is 38.4. The summed E-state index contributed by atoms with van der Waals surface area (Å²) in [7, 11) is 1.53. The maximum Gasteiger partial charge on any atom is 0.247 e. The summed E-state index contributed by atoms with van der Waals surface area (Å²) in [6, 6.07) is 9.09. The molecule has 3 amide bonds. The molecule has 0 saturated carbocycles. The zero-order valence-electron chi connectivity index (χ0n) is 20.8. The highest BCUT2D eigenvalue weighted by Gasteiger charge is 2.40. The van der Waals surface area contributed by atoms with Crippen molar-refractivity contribution in [1.82, 2.24) is 16.1 Å². The molecule has 7 nitrogen and oxygen atoms in total. The maximum absolute atomic E-state index is 13.4. The van der Waals surface area contributed by atoms with Crippen LogP contribution in [0.4, 0.5) is 0 Å². The highest BCUT2D eigenvalue weighted by atomic mass is 32.2. The molecule has 1 aromatic carbocycles. The van der Waals surface area contributed by atoms with E-state index in [1.807, 2.05) is 58.0 Å². The van der Waals surface area contributed by atoms with Gasteiger partial charge in [0.1, 0.15) is 6.04 Å². The number of amides is 3. The van der Waals surface area contributed by atoms with E-state index in [4.69, 9.17) is 0 Å². The lowest BCUT2D eigenvalue weighted by Crippen LogP contribution is -2.58. The monoisotopic (exact) mass is 489 g/mol. The first-order valence-electron chi connectivity index (χ1n) is 11.1. The predicted molar refractivity (Wildman–Crippen MR) is 139 cm³/mol. The molecule has 1 aromatic rings. The molecule has 0 aromatic heterocycles. The second-order valence-electron chi connectivity index (χ2n) is 8.78. The minimum atomic E-state index is -0.815. The lowest BCUT2D eigenvalue weighted by atomic mass is 9.81. The molecule has 0 saturated heterocycles. The largest absolute Gasteiger partial charge is 0.357 e. The number of carbonyl (C=O) groups is 3. The maximum atomic E-state index is 13.4. The number of nitrogens with one attached hydrogen (secondary N) is 3. The summed E-state index contributed by atoms with van der Waals surface area (Å²) in [5.41, 5.74) is 2.79. The number of likely N-dealkylation sites (N-methyl/N-ethyl adjacent to an activating group) is 1. The van der Waals surface area contributed by atoms with Crippen LogP contribution in [0.5, 0.6) is 0 Å². The van der Waals surface area contributed by atoms with Crippen LogP contribution in [-0.2, 0) is 20.1 Å². The summed E-state index contributed by atoms with van der Waals surface area (Å²) in [5.74, 6) is -2.04. The van der Waals surface area contributed by atoms with Crippen LogP contribution in [0.3, 0.4) is 0 Å². The van der Waals surface area contributed by atoms with Gasteiger partial charge in [-0.1, -0.05) is 50.3 Å². The first-order valence-corrected chi connectivity index (χ1v) is 12.1. The van der Waals surface area contributed by atoms with Crippen LogP contribution < -0.4 is 16.1 Å². The van der Waals surface area contributed by atoms with Gasteiger partial charge in [0.25, 0.3) is 0 Å². The fraction of sp³-hybridized carbons (Fsp3) is 0.500. The molecule has 3 atom stereocenters. The van der Waals surface area contributed by atoms with Gasteiger partial charge in [0.05, 0.1) is 11.8 Å². The number of hydrogen-bond donors (Lipinski definition) is 4. The second-order valence-corrected chi connectivity index (χ2v) is 10.4. The molecular formula is C26H39N3O4S. The van der Waals surface area contributed by atoms with E-state index in [0.29, 0.717) is 12.2 Å². The highest BCUT2D eigenvalue weighted by Crippen LogP contribution is 2.33. The van der Waals surface area contributed by atoms with Gasteiger partial charge in [-0.15, -0.1) is 31.2 Å². The van der Waals surface area contributed by atoms with E-state index in [1.54, 1.807) is 23.3 Å². The highest BCUT2D eigenvalue weighted by molar-refractivity contribution is 7.99. The van der Waals surface area contributed by atoms with Crippen LogP contribution in [0.25, 0.3) is 0 Å². The molecule has 0 spiro atoms. The number of terminal acetylenes is 1. The van der Waals surface area contributed by atoms with Gasteiger partial charge >= 0.3 is 0 Å². The van der Waals surface area contributed by atoms with E-state index >= 15 is 0 Å². The lowest BCUT2D eigenvalue weighted by Gasteiger charge is -2.35. The Kier molecular flexibility index (Phi) is 14.7. The molecule has 0 bridgehead atoms. The van der Waals surface area contributed by atoms with Gasteiger partial charge in [-0.2, -0.15) is 0 Å². The van der Waals surface area contributed by atoms with Crippen molar-refractivity contribution < 1.29 is 19.6 Å². The molecule has 1 unspecified atom stereocenters. The molecule has 4 N–H and O–H groups in total. The minimum Gasteiger partial charge on any atom is -0.357 e. The van der Waals surface area contributed by atoms with Crippen molar-refractivity contribution in [3.63, 3.8) is 0 Å². The van der Waals surface area contributed by atoms with Crippen molar-refractivity contribution in [1.29, 1.82) is 0 Å². The normalized spacial score (nSPS) is 13.4. The molecule has 0 aliphatic carbocycles. The molecular weight excluding hydrogens is 450 g/mol. The Labute approximate surface area is 208 Å². The van der Waals surface area contributed by atoms with E-state index in [2.05, 4.69) is 30.1 Å². The quantitative estimate of drug-likeness (QED) is 0.147. The number of allylic oxidation sites excluding steroid dienone is 1. The number of rotatable bonds is 13. The number of thioether (sulfide) groups is 1. The zero-order valence-corrected chi connectivity index (χ0v) is 21.7. The van der Waals surface area contributed by atoms with Gasteiger partial charge in [-0.3, -0.25) is 19.6 Å². The van der Waals surface area contributed by atoms with Gasteiger partial charge in [0, 0.05) is 17.5 Å². The molecule has 188 valence electrons. The van der Waals surface area contributed by atoms with E-state index in [1.165, 1.54) is 7.05 Å². The van der Waals surface area contributed by atoms with Crippen molar-refractivity contribution in [3.05, 3.63) is 48.6 Å². The first kappa shape index (κ1) is 31.2. The fourth-order valence-electron chi connectivity index (χ4n) is 3.55. The number of hydrogen-bond acceptors (Lipinski definition) is 5. The molecule has 8 heteroatoms. The number of hydroxylamine groups is 1. The Morgan fingerprint density at radius 2 is 1.68 bits per heavy atom. The Morgan fingerprint density at radius 3 is 2.15 bits per heavy atom. The average molecular weight is 490 g/mol. The number of carbonyl (C=O) groups excluding carboxylic acids is 3. The third-order valence-electron chi connectivity index (χ3n) is 5.36. The van der Waals surface area contributed by atoms with Crippen molar-refractivity contribution in [2.24, 2.45) is 17.8 Å². The van der Waals surface area contributed by atoms with Crippen LogP contribution in [-0.4, -0.2) is 40.8 Å². The van der Waals surface area contributed by atoms with Gasteiger partial charge < -0.3 is 10.6 Å². The summed E-state index contributed by atoms with van der Waals surface area (Å²) < 4.78 is -0.624. The van der Waals surface area contributed by atoms with Crippen LogP contribution in [0.15, 0.2) is 43.0 Å². The van der Waals surface area contributed by atoms with Crippen molar-refractivity contribution in [3.8, 4) is 12.8 Å². The van der Waals surface area contributed by atoms with Gasteiger partial charge in [0.2, 0.25) is 17.7 Å². The van der Waals surface area contributed by atoms with Crippen molar-refractivity contribution in [2.45, 2.75) is 57.1 Å². The number of benzene rings is 1. The second kappa shape index (κ2) is 16.0. The van der Waals surface area contributed by atoms with Crippen molar-refractivity contribution >= 4 is 29.5 Å². The van der Waals surface area contributed by atoms with Gasteiger partial charge in [-0.05, 0) is 38.2 Å². The average Bonchev–Trinajstić information content (AvgIpc) is 2.84. The van der Waals surface area contributed by atoms with Crippen LogP contribution in [0.2, 0.25) is 0 Å². The third kappa shape index (κ3) is 10.0. The summed E-state index contributed by atoms with van der Waals surface area (Å²) in [5, 5.41) is 14.7. The van der Waals surface area contributed by atoms with E-state index in [-0.39, 0.29) is 18.2 Å². The lowest BCUT2D eigenvalue weighted by molar-refractivity contribution is -0.141. The predicted octanol–water partition coefficient (Wildman–Crippen LogP) is 3.54. The third-order valence-corrected chi connectivity index (χ3v) is 6.82. The molecule has 0 fully saturated rings. The Morgan fingerprint density at radius 1 is 1.09 bits per heavy atom. The van der Waals surface area contributed by atoms with Crippen LogP contribution in [0.1, 0.15) is 46.1 Å². The SMILES string of the molecule is C#C.C=CC[C@H](C(=O)NO)[C@@H](CC(C)C)C(=O)NC(C(=O)NC)C(C)(C)SCc1ccccc1. The molecule has 0 aliphatic rings. The summed E-state index contributed by atoms with van der Waals surface area (Å²) in [6.45, 7) is 11.4. The fourth-order valence-corrected chi connectivity index (χ4v) is 4.62. The van der Waals surface area contributed by atoms with Crippen LogP contribution >= 0.6 is 11.8 Å². The topological polar surface area (TPSA) is 108 Å². The molecule has 1 rings (SSSR count). The first-order chi connectivity index (χ1) is 16.1.